The average molecular weight is 1300 g/mol. The van der Waals surface area contributed by atoms with Crippen molar-refractivity contribution in [3.8, 4) is 0 Å². The smallest absolute Gasteiger partial charge is 0.220 e. The topological polar surface area (TPSA) is 228 Å². The Kier molecular flexibility index (Phi) is 58.0. The monoisotopic (exact) mass is 1300 g/mol. The molecule has 2 fully saturated rings. The lowest BCUT2D eigenvalue weighted by Gasteiger charge is -2.46. The molecule has 14 heteroatoms. The van der Waals surface area contributed by atoms with Crippen molar-refractivity contribution in [2.45, 2.75) is 408 Å². The molecule has 2 aliphatic rings. The van der Waals surface area contributed by atoms with Crippen LogP contribution in [0.5, 0.6) is 0 Å². The molecule has 1 amide bonds. The third kappa shape index (κ3) is 45.2. The Balaban J connectivity index is 1.63. The van der Waals surface area contributed by atoms with Crippen LogP contribution in [0, 0.1) is 0 Å². The number of ether oxygens (including phenoxy) is 4. The SMILES string of the molecule is CC/C=C\C/C=C\C/C=C\C/C=C\C/C=C\CCCCCCCCCCCCCCCCCC(=O)NC(COC1OC(CO)C(OC2OC(CO)C(O)C(O)C2O)C(O)C1O)C(O)CCCCCCCCCCCCCCCCCCCCCCCCCCCCC. The molecule has 0 aromatic carbocycles. The van der Waals surface area contributed by atoms with Gasteiger partial charge in [0.25, 0.3) is 0 Å². The zero-order chi connectivity index (χ0) is 66.6. The van der Waals surface area contributed by atoms with Crippen molar-refractivity contribution >= 4 is 5.91 Å². The van der Waals surface area contributed by atoms with E-state index in [1.54, 1.807) is 0 Å². The van der Waals surface area contributed by atoms with E-state index in [2.05, 4.69) is 79.9 Å². The molecule has 0 aromatic rings. The Hall–Kier alpha value is -2.31. The van der Waals surface area contributed by atoms with Gasteiger partial charge in [-0.25, -0.2) is 0 Å². The number of aliphatic hydroxyl groups excluding tert-OH is 8. The minimum absolute atomic E-state index is 0.203. The minimum Gasteiger partial charge on any atom is -0.394 e. The normalized spacial score (nSPS) is 23.0. The predicted octanol–water partition coefficient (Wildman–Crippen LogP) is 16.8. The summed E-state index contributed by atoms with van der Waals surface area (Å²) in [7, 11) is 0. The van der Waals surface area contributed by atoms with Gasteiger partial charge in [0.05, 0.1) is 32.0 Å². The van der Waals surface area contributed by atoms with Gasteiger partial charge in [0, 0.05) is 6.42 Å². The highest BCUT2D eigenvalue weighted by atomic mass is 16.7. The summed E-state index contributed by atoms with van der Waals surface area (Å²) in [5, 5.41) is 87.8. The Bertz CT molecular complexity index is 1780. The van der Waals surface area contributed by atoms with Gasteiger partial charge in [-0.1, -0.05) is 331 Å². The average Bonchev–Trinajstić information content (AvgIpc) is 0.844. The van der Waals surface area contributed by atoms with Crippen molar-refractivity contribution < 1.29 is 64.6 Å². The number of aliphatic hydroxyl groups is 8. The van der Waals surface area contributed by atoms with Crippen molar-refractivity contribution in [3.05, 3.63) is 60.8 Å². The molecule has 14 nitrogen and oxygen atoms in total. The summed E-state index contributed by atoms with van der Waals surface area (Å²) >= 11 is 0. The van der Waals surface area contributed by atoms with Crippen molar-refractivity contribution in [1.29, 1.82) is 0 Å². The Morgan fingerprint density at radius 1 is 0.402 bits per heavy atom. The molecule has 0 aromatic heterocycles. The zero-order valence-corrected chi connectivity index (χ0v) is 58.8. The van der Waals surface area contributed by atoms with Crippen molar-refractivity contribution in [3.63, 3.8) is 0 Å². The molecule has 538 valence electrons. The van der Waals surface area contributed by atoms with Crippen LogP contribution in [0.1, 0.15) is 335 Å². The first-order valence-electron chi connectivity index (χ1n) is 38.5. The van der Waals surface area contributed by atoms with Gasteiger partial charge < -0.3 is 65.1 Å². The second-order valence-electron chi connectivity index (χ2n) is 27.1. The maximum atomic E-state index is 13.4. The van der Waals surface area contributed by atoms with Crippen molar-refractivity contribution in [2.75, 3.05) is 19.8 Å². The van der Waals surface area contributed by atoms with Gasteiger partial charge in [0.15, 0.2) is 12.6 Å². The Labute approximate surface area is 562 Å². The van der Waals surface area contributed by atoms with E-state index in [1.807, 2.05) is 0 Å². The van der Waals surface area contributed by atoms with Crippen LogP contribution in [0.25, 0.3) is 0 Å². The molecule has 2 saturated heterocycles. The van der Waals surface area contributed by atoms with Crippen LogP contribution in [-0.4, -0.2) is 140 Å². The lowest BCUT2D eigenvalue weighted by molar-refractivity contribution is -0.359. The number of carbonyl (C=O) groups excluding carboxylic acids is 1. The van der Waals surface area contributed by atoms with E-state index >= 15 is 0 Å². The molecule has 9 N–H and O–H groups in total. The first-order chi connectivity index (χ1) is 45.1. The second kappa shape index (κ2) is 62.2. The van der Waals surface area contributed by atoms with E-state index in [9.17, 15) is 45.6 Å². The lowest BCUT2D eigenvalue weighted by Crippen LogP contribution is -2.65. The van der Waals surface area contributed by atoms with Crippen LogP contribution in [0.3, 0.4) is 0 Å². The lowest BCUT2D eigenvalue weighted by atomic mass is 9.97. The maximum Gasteiger partial charge on any atom is 0.220 e. The third-order valence-corrected chi connectivity index (χ3v) is 18.7. The van der Waals surface area contributed by atoms with Gasteiger partial charge in [-0.3, -0.25) is 4.79 Å². The van der Waals surface area contributed by atoms with E-state index in [0.29, 0.717) is 12.8 Å². The summed E-state index contributed by atoms with van der Waals surface area (Å²) < 4.78 is 23.0. The fourth-order valence-electron chi connectivity index (χ4n) is 12.7. The van der Waals surface area contributed by atoms with Gasteiger partial charge in [-0.2, -0.15) is 0 Å². The summed E-state index contributed by atoms with van der Waals surface area (Å²) in [6, 6.07) is -0.832. The number of hydrogen-bond donors (Lipinski definition) is 9. The van der Waals surface area contributed by atoms with Gasteiger partial charge in [0.2, 0.25) is 5.91 Å². The van der Waals surface area contributed by atoms with Crippen LogP contribution < -0.4 is 5.32 Å². The Morgan fingerprint density at radius 2 is 0.750 bits per heavy atom. The summed E-state index contributed by atoms with van der Waals surface area (Å²) in [6.45, 7) is 2.80. The van der Waals surface area contributed by atoms with Crippen molar-refractivity contribution in [2.24, 2.45) is 0 Å². The molecule has 2 aliphatic heterocycles. The second-order valence-corrected chi connectivity index (χ2v) is 27.1. The number of hydrogen-bond acceptors (Lipinski definition) is 13. The molecular weight excluding hydrogens is 1160 g/mol. The molecule has 0 bridgehead atoms. The van der Waals surface area contributed by atoms with E-state index < -0.39 is 86.8 Å². The van der Waals surface area contributed by atoms with E-state index in [4.69, 9.17) is 18.9 Å². The van der Waals surface area contributed by atoms with Gasteiger partial charge in [0.1, 0.15) is 48.8 Å². The molecule has 0 aliphatic carbocycles. The summed E-state index contributed by atoms with van der Waals surface area (Å²) in [5.74, 6) is -0.203. The maximum absolute atomic E-state index is 13.4. The number of carbonyl (C=O) groups is 1. The zero-order valence-electron chi connectivity index (χ0n) is 58.8. The number of rotatable bonds is 64. The van der Waals surface area contributed by atoms with E-state index in [-0.39, 0.29) is 12.5 Å². The molecule has 12 atom stereocenters. The summed E-state index contributed by atoms with van der Waals surface area (Å²) in [6.07, 6.45) is 66.7. The number of allylic oxidation sites excluding steroid dienone is 10. The highest BCUT2D eigenvalue weighted by Crippen LogP contribution is 2.30. The molecule has 92 heavy (non-hydrogen) atoms. The number of unbranched alkanes of at least 4 members (excludes halogenated alkanes) is 41. The van der Waals surface area contributed by atoms with Crippen molar-refractivity contribution in [1.82, 2.24) is 5.32 Å². The fourth-order valence-corrected chi connectivity index (χ4v) is 12.7. The minimum atomic E-state index is -1.78. The highest BCUT2D eigenvalue weighted by molar-refractivity contribution is 5.76. The number of amides is 1. The summed E-state index contributed by atoms with van der Waals surface area (Å²) in [5.41, 5.74) is 0. The molecule has 0 spiro atoms. The van der Waals surface area contributed by atoms with Crippen LogP contribution in [-0.2, 0) is 23.7 Å². The third-order valence-electron chi connectivity index (χ3n) is 18.7. The molecule has 0 saturated carbocycles. The molecule has 0 radical (unpaired) electrons. The molecular formula is C78H143NO13. The molecule has 2 rings (SSSR count). The summed E-state index contributed by atoms with van der Waals surface area (Å²) in [4.78, 5) is 13.4. The highest BCUT2D eigenvalue weighted by Gasteiger charge is 2.51. The largest absolute Gasteiger partial charge is 0.394 e. The quantitative estimate of drug-likeness (QED) is 0.0204. The Morgan fingerprint density at radius 3 is 1.15 bits per heavy atom. The van der Waals surface area contributed by atoms with Gasteiger partial charge in [-0.15, -0.1) is 0 Å². The first kappa shape index (κ1) is 85.8. The fraction of sp³-hybridized carbons (Fsp3) is 0.859. The number of nitrogens with one attached hydrogen (secondary N) is 1. The standard InChI is InChI=1S/C78H143NO13/c1-3-5-7-9-11-13-15-17-19-21-23-25-27-29-31-32-33-34-36-38-40-42-44-46-48-50-52-54-56-58-60-62-70(83)79-66(65-89-77-75(88)73(86)76(69(64-81)91-77)92-78-74(87)72(85)71(84)68(63-80)90-78)67(82)61-59-57-55-53-51-49-47-45-43-41-39-37-35-30-28-26-24-22-20-18-16-14-12-10-8-6-4-2/h5,7,11,13,17,19,23,25,29,31,66-69,71-78,80-82,84-88H,3-4,6,8-10,12,14-16,18,20-22,24,26-28,30,32-65H2,1-2H3,(H,79,83)/b7-5-,13-11-,19-17-,25-23-,31-29-. The molecule has 12 unspecified atom stereocenters. The van der Waals surface area contributed by atoms with Crippen LogP contribution in [0.15, 0.2) is 60.8 Å². The van der Waals surface area contributed by atoms with E-state index in [1.165, 1.54) is 225 Å². The van der Waals surface area contributed by atoms with Crippen LogP contribution >= 0.6 is 0 Å². The van der Waals surface area contributed by atoms with E-state index in [0.717, 1.165) is 83.5 Å². The van der Waals surface area contributed by atoms with Gasteiger partial charge in [-0.05, 0) is 57.8 Å². The predicted molar refractivity (Wildman–Crippen MR) is 378 cm³/mol. The molecule has 2 heterocycles. The van der Waals surface area contributed by atoms with Crippen LogP contribution in [0.4, 0.5) is 0 Å². The van der Waals surface area contributed by atoms with Gasteiger partial charge >= 0.3 is 0 Å². The first-order valence-corrected chi connectivity index (χ1v) is 38.5. The van der Waals surface area contributed by atoms with Crippen LogP contribution in [0.2, 0.25) is 0 Å².